The second kappa shape index (κ2) is 9.73. The molecule has 0 heterocycles. The Morgan fingerprint density at radius 2 is 1.89 bits per heavy atom. The smallest absolute Gasteiger partial charge is 0.243 e. The van der Waals surface area contributed by atoms with E-state index in [1.165, 1.54) is 13.0 Å². The number of halogens is 1. The van der Waals surface area contributed by atoms with E-state index in [9.17, 15) is 13.2 Å². The molecule has 2 aromatic rings. The van der Waals surface area contributed by atoms with E-state index in [-0.39, 0.29) is 6.54 Å². The van der Waals surface area contributed by atoms with Crippen LogP contribution in [0.2, 0.25) is 5.02 Å². The Morgan fingerprint density at radius 1 is 1.19 bits per heavy atom. The summed E-state index contributed by atoms with van der Waals surface area (Å²) in [5, 5.41) is 3.09. The molecule has 0 bridgehead atoms. The summed E-state index contributed by atoms with van der Waals surface area (Å²) in [4.78, 5) is 12.4. The van der Waals surface area contributed by atoms with Crippen LogP contribution in [0.25, 0.3) is 0 Å². The molecule has 2 aromatic carbocycles. The second-order valence-corrected chi connectivity index (χ2v) is 8.34. The lowest BCUT2D eigenvalue weighted by Gasteiger charge is -2.28. The Hall–Kier alpha value is -2.09. The van der Waals surface area contributed by atoms with E-state index in [0.29, 0.717) is 23.9 Å². The molecule has 0 fully saturated rings. The van der Waals surface area contributed by atoms with Crippen molar-refractivity contribution in [1.82, 2.24) is 5.32 Å². The number of anilines is 1. The Kier molecular flexibility index (Phi) is 7.65. The SMILES string of the molecule is CC(C(=O)NCCOCc1ccccc1)N(c1cccc(Cl)c1)S(C)(=O)=O. The molecule has 6 nitrogen and oxygen atoms in total. The number of ether oxygens (including phenoxy) is 1. The molecule has 27 heavy (non-hydrogen) atoms. The van der Waals surface area contributed by atoms with Gasteiger partial charge < -0.3 is 10.1 Å². The molecule has 0 spiro atoms. The third-order valence-electron chi connectivity index (χ3n) is 3.81. The van der Waals surface area contributed by atoms with E-state index in [1.54, 1.807) is 18.2 Å². The highest BCUT2D eigenvalue weighted by molar-refractivity contribution is 7.92. The molecule has 0 aliphatic carbocycles. The maximum atomic E-state index is 12.4. The number of hydrogen-bond donors (Lipinski definition) is 1. The number of nitrogens with zero attached hydrogens (tertiary/aromatic N) is 1. The summed E-state index contributed by atoms with van der Waals surface area (Å²) in [5.74, 6) is -0.413. The first-order valence-corrected chi connectivity index (χ1v) is 10.7. The van der Waals surface area contributed by atoms with Crippen molar-refractivity contribution < 1.29 is 17.9 Å². The predicted molar refractivity (Wildman–Crippen MR) is 107 cm³/mol. The third kappa shape index (κ3) is 6.53. The number of carbonyl (C=O) groups is 1. The molecule has 1 amide bonds. The molecule has 0 saturated heterocycles. The number of sulfonamides is 1. The van der Waals surface area contributed by atoms with Gasteiger partial charge in [0.2, 0.25) is 15.9 Å². The fourth-order valence-electron chi connectivity index (χ4n) is 2.58. The minimum atomic E-state index is -3.67. The van der Waals surface area contributed by atoms with Gasteiger partial charge in [0.15, 0.2) is 0 Å². The molecule has 146 valence electrons. The Morgan fingerprint density at radius 3 is 2.52 bits per heavy atom. The number of rotatable bonds is 9. The minimum absolute atomic E-state index is 0.281. The lowest BCUT2D eigenvalue weighted by atomic mass is 10.2. The first-order chi connectivity index (χ1) is 12.8. The van der Waals surface area contributed by atoms with Crippen molar-refractivity contribution in [2.45, 2.75) is 19.6 Å². The van der Waals surface area contributed by atoms with Crippen LogP contribution < -0.4 is 9.62 Å². The molecule has 1 atom stereocenters. The standard InChI is InChI=1S/C19H23ClN2O4S/c1-15(22(27(2,24)25)18-10-6-9-17(20)13-18)19(23)21-11-12-26-14-16-7-4-3-5-8-16/h3-10,13,15H,11-12,14H2,1-2H3,(H,21,23). The van der Waals surface area contributed by atoms with Gasteiger partial charge in [-0.25, -0.2) is 8.42 Å². The molecule has 0 aromatic heterocycles. The number of benzene rings is 2. The van der Waals surface area contributed by atoms with Gasteiger partial charge in [0.05, 0.1) is 25.2 Å². The summed E-state index contributed by atoms with van der Waals surface area (Å²) in [6.07, 6.45) is 1.06. The van der Waals surface area contributed by atoms with Crippen LogP contribution in [0.4, 0.5) is 5.69 Å². The van der Waals surface area contributed by atoms with Gasteiger partial charge >= 0.3 is 0 Å². The molecule has 1 unspecified atom stereocenters. The fourth-order valence-corrected chi connectivity index (χ4v) is 3.93. The van der Waals surface area contributed by atoms with E-state index in [4.69, 9.17) is 16.3 Å². The molecule has 1 N–H and O–H groups in total. The minimum Gasteiger partial charge on any atom is -0.375 e. The van der Waals surface area contributed by atoms with E-state index in [1.807, 2.05) is 30.3 Å². The highest BCUT2D eigenvalue weighted by atomic mass is 35.5. The van der Waals surface area contributed by atoms with Crippen molar-refractivity contribution in [1.29, 1.82) is 0 Å². The van der Waals surface area contributed by atoms with Crippen LogP contribution in [0, 0.1) is 0 Å². The van der Waals surface area contributed by atoms with Crippen molar-refractivity contribution in [3.8, 4) is 0 Å². The summed E-state index contributed by atoms with van der Waals surface area (Å²) >= 11 is 5.95. The van der Waals surface area contributed by atoms with E-state index < -0.39 is 22.0 Å². The zero-order valence-electron chi connectivity index (χ0n) is 15.3. The lowest BCUT2D eigenvalue weighted by Crippen LogP contribution is -2.48. The monoisotopic (exact) mass is 410 g/mol. The van der Waals surface area contributed by atoms with Crippen LogP contribution in [0.3, 0.4) is 0 Å². The summed E-state index contributed by atoms with van der Waals surface area (Å²) in [6, 6.07) is 15.2. The Balaban J connectivity index is 1.91. The van der Waals surface area contributed by atoms with E-state index in [2.05, 4.69) is 5.32 Å². The molecule has 2 rings (SSSR count). The first kappa shape index (κ1) is 21.2. The van der Waals surface area contributed by atoms with E-state index >= 15 is 0 Å². The number of amides is 1. The van der Waals surface area contributed by atoms with Crippen LogP contribution in [0.5, 0.6) is 0 Å². The first-order valence-electron chi connectivity index (χ1n) is 8.43. The normalized spacial score (nSPS) is 12.4. The van der Waals surface area contributed by atoms with Crippen molar-refractivity contribution in [3.05, 3.63) is 65.2 Å². The maximum Gasteiger partial charge on any atom is 0.243 e. The highest BCUT2D eigenvalue weighted by Crippen LogP contribution is 2.24. The average molecular weight is 411 g/mol. The third-order valence-corrected chi connectivity index (χ3v) is 5.29. The van der Waals surface area contributed by atoms with E-state index in [0.717, 1.165) is 16.1 Å². The molecule has 8 heteroatoms. The topological polar surface area (TPSA) is 75.7 Å². The largest absolute Gasteiger partial charge is 0.375 e. The van der Waals surface area contributed by atoms with Crippen LogP contribution in [-0.2, 0) is 26.2 Å². The van der Waals surface area contributed by atoms with Gasteiger partial charge in [-0.3, -0.25) is 9.10 Å². The summed E-state index contributed by atoms with van der Waals surface area (Å²) in [5.41, 5.74) is 1.38. The second-order valence-electron chi connectivity index (χ2n) is 6.04. The van der Waals surface area contributed by atoms with Gasteiger partial charge in [0.25, 0.3) is 0 Å². The zero-order chi connectivity index (χ0) is 19.9. The molecule has 0 radical (unpaired) electrons. The average Bonchev–Trinajstić information content (AvgIpc) is 2.61. The van der Waals surface area contributed by atoms with Gasteiger partial charge in [-0.1, -0.05) is 48.0 Å². The van der Waals surface area contributed by atoms with Crippen molar-refractivity contribution in [2.75, 3.05) is 23.7 Å². The van der Waals surface area contributed by atoms with Gasteiger partial charge in [0.1, 0.15) is 6.04 Å². The van der Waals surface area contributed by atoms with Gasteiger partial charge in [-0.2, -0.15) is 0 Å². The highest BCUT2D eigenvalue weighted by Gasteiger charge is 2.29. The molecule has 0 aliphatic rings. The maximum absolute atomic E-state index is 12.4. The van der Waals surface area contributed by atoms with Gasteiger partial charge in [-0.05, 0) is 30.7 Å². The lowest BCUT2D eigenvalue weighted by molar-refractivity contribution is -0.122. The van der Waals surface area contributed by atoms with Gasteiger partial charge in [0, 0.05) is 11.6 Å². The zero-order valence-corrected chi connectivity index (χ0v) is 16.8. The van der Waals surface area contributed by atoms with Crippen LogP contribution in [0.15, 0.2) is 54.6 Å². The molecule has 0 aliphatic heterocycles. The van der Waals surface area contributed by atoms with Gasteiger partial charge in [-0.15, -0.1) is 0 Å². The number of nitrogens with one attached hydrogen (secondary N) is 1. The Labute approximate surface area is 165 Å². The van der Waals surface area contributed by atoms with Crippen molar-refractivity contribution in [2.24, 2.45) is 0 Å². The van der Waals surface area contributed by atoms with Crippen LogP contribution in [0.1, 0.15) is 12.5 Å². The molecular formula is C19H23ClN2O4S. The molecule has 0 saturated carbocycles. The van der Waals surface area contributed by atoms with Crippen molar-refractivity contribution >= 4 is 33.2 Å². The molecular weight excluding hydrogens is 388 g/mol. The number of hydrogen-bond acceptors (Lipinski definition) is 4. The fraction of sp³-hybridized carbons (Fsp3) is 0.316. The quantitative estimate of drug-likeness (QED) is 0.645. The predicted octanol–water partition coefficient (Wildman–Crippen LogP) is 2.83. The number of carbonyl (C=O) groups excluding carboxylic acids is 1. The summed E-state index contributed by atoms with van der Waals surface area (Å²) in [6.45, 7) is 2.58. The van der Waals surface area contributed by atoms with Crippen molar-refractivity contribution in [3.63, 3.8) is 0 Å². The Bertz CT molecular complexity index is 859. The van der Waals surface area contributed by atoms with Crippen LogP contribution >= 0.6 is 11.6 Å². The van der Waals surface area contributed by atoms with Crippen LogP contribution in [-0.4, -0.2) is 39.8 Å². The summed E-state index contributed by atoms with van der Waals surface area (Å²) < 4.78 is 31.0. The summed E-state index contributed by atoms with van der Waals surface area (Å²) in [7, 11) is -3.67.